The van der Waals surface area contributed by atoms with Crippen LogP contribution in [-0.2, 0) is 4.79 Å². The van der Waals surface area contributed by atoms with E-state index in [9.17, 15) is 31.9 Å². The summed E-state index contributed by atoms with van der Waals surface area (Å²) < 4.78 is 70.7. The molecule has 190 valence electrons. The second-order valence-corrected chi connectivity index (χ2v) is 11.6. The Morgan fingerprint density at radius 1 is 1.03 bits per heavy atom. The molecule has 35 heavy (non-hydrogen) atoms. The molecule has 0 saturated heterocycles. The lowest BCUT2D eigenvalue weighted by Gasteiger charge is -2.56. The number of hydrogen-bond donors (Lipinski definition) is 1. The molecule has 1 aromatic carbocycles. The molecule has 5 rings (SSSR count). The molecule has 0 radical (unpaired) electrons. The quantitative estimate of drug-likeness (QED) is 0.343. The fourth-order valence-electron chi connectivity index (χ4n) is 7.55. The van der Waals surface area contributed by atoms with Crippen molar-refractivity contribution in [1.29, 1.82) is 0 Å². The van der Waals surface area contributed by atoms with Crippen molar-refractivity contribution in [2.75, 3.05) is 6.26 Å². The van der Waals surface area contributed by atoms with Gasteiger partial charge in [0.2, 0.25) is 0 Å². The Kier molecular flexibility index (Phi) is 5.83. The van der Waals surface area contributed by atoms with Gasteiger partial charge in [-0.2, -0.15) is 22.0 Å². The van der Waals surface area contributed by atoms with Crippen molar-refractivity contribution in [3.8, 4) is 0 Å². The maximum absolute atomic E-state index is 15.0. The molecule has 2 unspecified atom stereocenters. The van der Waals surface area contributed by atoms with Crippen LogP contribution in [0.15, 0.2) is 52.0 Å². The molecule has 2 fully saturated rings. The van der Waals surface area contributed by atoms with Gasteiger partial charge in [-0.15, -0.1) is 11.8 Å². The second-order valence-electron chi connectivity index (χ2n) is 10.7. The van der Waals surface area contributed by atoms with Crippen molar-refractivity contribution in [2.45, 2.75) is 80.4 Å². The average Bonchev–Trinajstić information content (AvgIpc) is 3.09. The molecule has 0 heterocycles. The van der Waals surface area contributed by atoms with Crippen LogP contribution in [0.1, 0.15) is 63.4 Å². The summed E-state index contributed by atoms with van der Waals surface area (Å²) in [7, 11) is 0. The number of ketones is 1. The highest BCUT2D eigenvalue weighted by atomic mass is 32.2. The number of fused-ring (bicyclic) bond motifs is 4. The van der Waals surface area contributed by atoms with Gasteiger partial charge in [-0.05, 0) is 91.5 Å². The molecule has 0 aromatic heterocycles. The van der Waals surface area contributed by atoms with E-state index in [4.69, 9.17) is 0 Å². The molecule has 0 aliphatic heterocycles. The summed E-state index contributed by atoms with van der Waals surface area (Å²) in [4.78, 5) is 13.1. The lowest BCUT2D eigenvalue weighted by Crippen LogP contribution is -2.65. The normalized spacial score (nSPS) is 35.4. The van der Waals surface area contributed by atoms with Crippen LogP contribution >= 0.6 is 11.8 Å². The summed E-state index contributed by atoms with van der Waals surface area (Å²) in [5, 5.41) is 11.3. The molecular weight excluding hydrogens is 483 g/mol. The highest BCUT2D eigenvalue weighted by molar-refractivity contribution is 7.98. The molecule has 0 bridgehead atoms. The Morgan fingerprint density at radius 3 is 2.34 bits per heavy atom. The van der Waals surface area contributed by atoms with E-state index >= 15 is 0 Å². The minimum Gasteiger partial charge on any atom is -0.383 e. The van der Waals surface area contributed by atoms with Crippen LogP contribution in [0.5, 0.6) is 0 Å². The van der Waals surface area contributed by atoms with Gasteiger partial charge in [0.25, 0.3) is 0 Å². The monoisotopic (exact) mass is 512 g/mol. The number of carbonyl (C=O) groups is 1. The SMILES string of the molecule is CSc1ccc([C@H]2C[C@@]3(C)C(CC[C@@]3(O)C(F)(F)C(F)(F)F)C3CCC4=CC(=O)CCC4=C32)cc1. The van der Waals surface area contributed by atoms with E-state index in [0.717, 1.165) is 27.2 Å². The Bertz CT molecular complexity index is 1110. The predicted octanol–water partition coefficient (Wildman–Crippen LogP) is 7.24. The number of alkyl halides is 5. The Labute approximate surface area is 206 Å². The molecule has 2 nitrogen and oxygen atoms in total. The Hall–Kier alpha value is -1.67. The summed E-state index contributed by atoms with van der Waals surface area (Å²) in [6.45, 7) is 1.45. The maximum Gasteiger partial charge on any atom is 0.456 e. The molecule has 0 spiro atoms. The summed E-state index contributed by atoms with van der Waals surface area (Å²) in [6, 6.07) is 7.72. The van der Waals surface area contributed by atoms with Gasteiger partial charge in [-0.1, -0.05) is 24.6 Å². The smallest absolute Gasteiger partial charge is 0.383 e. The van der Waals surface area contributed by atoms with Gasteiger partial charge in [0.05, 0.1) is 0 Å². The van der Waals surface area contributed by atoms with E-state index in [1.807, 2.05) is 30.5 Å². The third kappa shape index (κ3) is 3.49. The molecule has 4 aliphatic rings. The number of rotatable bonds is 3. The number of allylic oxidation sites excluding steroid dienone is 4. The van der Waals surface area contributed by atoms with Crippen LogP contribution in [0.2, 0.25) is 0 Å². The van der Waals surface area contributed by atoms with Crippen LogP contribution in [0.3, 0.4) is 0 Å². The van der Waals surface area contributed by atoms with Crippen LogP contribution in [0.4, 0.5) is 22.0 Å². The fourth-order valence-corrected chi connectivity index (χ4v) is 7.96. The van der Waals surface area contributed by atoms with Gasteiger partial charge >= 0.3 is 12.1 Å². The zero-order chi connectivity index (χ0) is 25.4. The van der Waals surface area contributed by atoms with Gasteiger partial charge in [-0.25, -0.2) is 0 Å². The topological polar surface area (TPSA) is 37.3 Å². The maximum atomic E-state index is 15.0. The van der Waals surface area contributed by atoms with E-state index in [-0.39, 0.29) is 24.5 Å². The van der Waals surface area contributed by atoms with E-state index in [1.54, 1.807) is 17.8 Å². The van der Waals surface area contributed by atoms with Crippen molar-refractivity contribution < 1.29 is 31.9 Å². The summed E-state index contributed by atoms with van der Waals surface area (Å²) in [5.74, 6) is -6.21. The summed E-state index contributed by atoms with van der Waals surface area (Å²) >= 11 is 1.56. The number of thioether (sulfide) groups is 1. The van der Waals surface area contributed by atoms with E-state index in [1.165, 1.54) is 6.92 Å². The molecule has 5 atom stereocenters. The highest BCUT2D eigenvalue weighted by Crippen LogP contribution is 2.70. The van der Waals surface area contributed by atoms with Crippen molar-refractivity contribution in [3.63, 3.8) is 0 Å². The first-order valence-corrected chi connectivity index (χ1v) is 13.3. The molecule has 1 N–H and O–H groups in total. The van der Waals surface area contributed by atoms with Crippen molar-refractivity contribution in [2.24, 2.45) is 17.3 Å². The van der Waals surface area contributed by atoms with Crippen molar-refractivity contribution in [3.05, 3.63) is 52.6 Å². The first-order chi connectivity index (χ1) is 16.3. The number of aliphatic hydroxyl groups is 1. The Balaban J connectivity index is 1.68. The minimum atomic E-state index is -5.83. The number of hydrogen-bond acceptors (Lipinski definition) is 3. The van der Waals surface area contributed by atoms with E-state index < -0.39 is 41.4 Å². The first-order valence-electron chi connectivity index (χ1n) is 12.1. The second kappa shape index (κ2) is 8.17. The third-order valence-corrected chi connectivity index (χ3v) is 10.0. The lowest BCUT2D eigenvalue weighted by atomic mass is 9.50. The van der Waals surface area contributed by atoms with Gasteiger partial charge < -0.3 is 5.11 Å². The van der Waals surface area contributed by atoms with Gasteiger partial charge in [-0.3, -0.25) is 4.79 Å². The highest BCUT2D eigenvalue weighted by Gasteiger charge is 2.79. The molecule has 4 aliphatic carbocycles. The molecule has 2 saturated carbocycles. The molecule has 8 heteroatoms. The zero-order valence-corrected chi connectivity index (χ0v) is 20.5. The molecule has 1 aromatic rings. The van der Waals surface area contributed by atoms with Crippen molar-refractivity contribution in [1.82, 2.24) is 0 Å². The average molecular weight is 513 g/mol. The van der Waals surface area contributed by atoms with E-state index in [0.29, 0.717) is 25.7 Å². The van der Waals surface area contributed by atoms with Gasteiger partial charge in [0.15, 0.2) is 5.78 Å². The largest absolute Gasteiger partial charge is 0.456 e. The van der Waals surface area contributed by atoms with Crippen LogP contribution < -0.4 is 0 Å². The fraction of sp³-hybridized carbons (Fsp3) is 0.593. The molecular formula is C27H29F5O2S. The van der Waals surface area contributed by atoms with Crippen LogP contribution in [0.25, 0.3) is 0 Å². The Morgan fingerprint density at radius 2 is 1.71 bits per heavy atom. The van der Waals surface area contributed by atoms with Crippen LogP contribution in [0, 0.1) is 17.3 Å². The van der Waals surface area contributed by atoms with Gasteiger partial charge in [0, 0.05) is 22.6 Å². The van der Waals surface area contributed by atoms with Gasteiger partial charge in [0.1, 0.15) is 5.60 Å². The lowest BCUT2D eigenvalue weighted by molar-refractivity contribution is -0.362. The van der Waals surface area contributed by atoms with E-state index in [2.05, 4.69) is 0 Å². The number of carbonyl (C=O) groups excluding carboxylic acids is 1. The third-order valence-electron chi connectivity index (χ3n) is 9.28. The van der Waals surface area contributed by atoms with Crippen LogP contribution in [-0.4, -0.2) is 34.8 Å². The number of halogens is 5. The minimum absolute atomic E-state index is 0.00894. The zero-order valence-electron chi connectivity index (χ0n) is 19.7. The summed E-state index contributed by atoms with van der Waals surface area (Å²) in [6.07, 6.45) is -0.513. The standard InChI is InChI=1S/C27H29F5O2S/c1-24-14-21(15-3-7-18(35-2)8-4-15)23-19-10-6-17(33)13-16(19)5-9-20(23)22(24)11-12-25(24,34)26(28,29)27(30,31)32/h3-4,7-8,13,20-22,34H,5-6,9-12,14H2,1-2H3/t20?,21-,22?,24+,25+/m1/s1. The first kappa shape index (κ1) is 25.0. The van der Waals surface area contributed by atoms with Crippen molar-refractivity contribution >= 4 is 17.5 Å². The summed E-state index contributed by atoms with van der Waals surface area (Å²) in [5.41, 5.74) is -0.771. The molecule has 0 amide bonds. The number of benzene rings is 1. The predicted molar refractivity (Wildman–Crippen MR) is 124 cm³/mol.